The number of nitrogens with zero attached hydrogens (tertiary/aromatic N) is 2. The molecule has 1 aromatic heterocycles. The first kappa shape index (κ1) is 14.6. The van der Waals surface area contributed by atoms with Crippen LogP contribution in [0.2, 0.25) is 0 Å². The Kier molecular flexibility index (Phi) is 5.05. The first-order valence-corrected chi connectivity index (χ1v) is 7.74. The van der Waals surface area contributed by atoms with Crippen LogP contribution in [0.25, 0.3) is 0 Å². The van der Waals surface area contributed by atoms with E-state index in [9.17, 15) is 9.90 Å². The molecular formula is C14H21BrN2O2. The predicted molar refractivity (Wildman–Crippen MR) is 78.2 cm³/mol. The number of hydrogen-bond acceptors (Lipinski definition) is 2. The average molecular weight is 329 g/mol. The smallest absolute Gasteiger partial charge is 0.270 e. The van der Waals surface area contributed by atoms with Crippen molar-refractivity contribution < 1.29 is 9.90 Å². The van der Waals surface area contributed by atoms with Crippen molar-refractivity contribution in [2.45, 2.75) is 45.2 Å². The fourth-order valence-corrected chi connectivity index (χ4v) is 3.15. The zero-order valence-electron chi connectivity index (χ0n) is 11.3. The summed E-state index contributed by atoms with van der Waals surface area (Å²) in [5.41, 5.74) is 0.717. The third-order valence-corrected chi connectivity index (χ3v) is 4.08. The van der Waals surface area contributed by atoms with Crippen molar-refractivity contribution in [1.82, 2.24) is 9.47 Å². The summed E-state index contributed by atoms with van der Waals surface area (Å²) in [5, 5.41) is 9.43. The summed E-state index contributed by atoms with van der Waals surface area (Å²) < 4.78 is 2.93. The monoisotopic (exact) mass is 328 g/mol. The molecule has 1 unspecified atom stereocenters. The third kappa shape index (κ3) is 3.20. The second-order valence-corrected chi connectivity index (χ2v) is 5.98. The second kappa shape index (κ2) is 6.57. The summed E-state index contributed by atoms with van der Waals surface area (Å²) >= 11 is 3.44. The van der Waals surface area contributed by atoms with E-state index in [1.807, 2.05) is 21.7 Å². The van der Waals surface area contributed by atoms with E-state index < -0.39 is 0 Å². The molecular weight excluding hydrogens is 308 g/mol. The Morgan fingerprint density at radius 1 is 1.53 bits per heavy atom. The molecule has 2 heterocycles. The molecule has 0 aliphatic carbocycles. The van der Waals surface area contributed by atoms with Crippen LogP contribution >= 0.6 is 15.9 Å². The van der Waals surface area contributed by atoms with Gasteiger partial charge < -0.3 is 14.6 Å². The van der Waals surface area contributed by atoms with E-state index in [2.05, 4.69) is 22.9 Å². The molecule has 1 saturated heterocycles. The van der Waals surface area contributed by atoms with Crippen molar-refractivity contribution in [2.24, 2.45) is 0 Å². The number of carbonyl (C=O) groups excluding carboxylic acids is 1. The lowest BCUT2D eigenvalue weighted by Gasteiger charge is -2.34. The highest BCUT2D eigenvalue weighted by molar-refractivity contribution is 9.10. The Morgan fingerprint density at radius 2 is 2.32 bits per heavy atom. The van der Waals surface area contributed by atoms with E-state index in [4.69, 9.17) is 0 Å². The molecule has 2 rings (SSSR count). The highest BCUT2D eigenvalue weighted by Crippen LogP contribution is 2.22. The van der Waals surface area contributed by atoms with E-state index in [0.717, 1.165) is 43.2 Å². The van der Waals surface area contributed by atoms with E-state index in [1.165, 1.54) is 0 Å². The van der Waals surface area contributed by atoms with Crippen molar-refractivity contribution in [1.29, 1.82) is 0 Å². The van der Waals surface area contributed by atoms with Crippen LogP contribution < -0.4 is 0 Å². The first-order chi connectivity index (χ1) is 9.17. The molecule has 1 aromatic rings. The van der Waals surface area contributed by atoms with Crippen LogP contribution in [0, 0.1) is 0 Å². The standard InChI is InChI=1S/C14H21BrN2O2/c1-2-6-16-9-11(15)8-13(16)14(19)17-7-4-3-5-12(17)10-18/h8-9,12,18H,2-7,10H2,1H3. The molecule has 1 atom stereocenters. The van der Waals surface area contributed by atoms with Gasteiger partial charge in [0.2, 0.25) is 0 Å². The zero-order valence-corrected chi connectivity index (χ0v) is 12.9. The van der Waals surface area contributed by atoms with Gasteiger partial charge in [0.25, 0.3) is 5.91 Å². The van der Waals surface area contributed by atoms with E-state index in [1.54, 1.807) is 0 Å². The van der Waals surface area contributed by atoms with Gasteiger partial charge in [0, 0.05) is 23.8 Å². The molecule has 1 aliphatic rings. The van der Waals surface area contributed by atoms with Gasteiger partial charge in [0.05, 0.1) is 12.6 Å². The molecule has 19 heavy (non-hydrogen) atoms. The van der Waals surface area contributed by atoms with E-state index in [0.29, 0.717) is 5.69 Å². The lowest BCUT2D eigenvalue weighted by atomic mass is 10.0. The minimum atomic E-state index is -0.0231. The fraction of sp³-hybridized carbons (Fsp3) is 0.643. The predicted octanol–water partition coefficient (Wildman–Crippen LogP) is 2.65. The van der Waals surface area contributed by atoms with Gasteiger partial charge in [-0.2, -0.15) is 0 Å². The zero-order chi connectivity index (χ0) is 13.8. The number of aromatic nitrogens is 1. The molecule has 1 aliphatic heterocycles. The van der Waals surface area contributed by atoms with Gasteiger partial charge in [-0.15, -0.1) is 0 Å². The Morgan fingerprint density at radius 3 is 3.00 bits per heavy atom. The number of aliphatic hydroxyl groups excluding tert-OH is 1. The number of hydrogen-bond donors (Lipinski definition) is 1. The lowest BCUT2D eigenvalue weighted by Crippen LogP contribution is -2.46. The number of carbonyl (C=O) groups is 1. The van der Waals surface area contributed by atoms with Crippen molar-refractivity contribution in [3.8, 4) is 0 Å². The quantitative estimate of drug-likeness (QED) is 0.923. The minimum Gasteiger partial charge on any atom is -0.394 e. The maximum atomic E-state index is 12.7. The van der Waals surface area contributed by atoms with Crippen LogP contribution in [0.5, 0.6) is 0 Å². The molecule has 0 spiro atoms. The number of aliphatic hydroxyl groups is 1. The minimum absolute atomic E-state index is 0.0231. The summed E-state index contributed by atoms with van der Waals surface area (Å²) in [4.78, 5) is 14.5. The molecule has 106 valence electrons. The van der Waals surface area contributed by atoms with Gasteiger partial charge >= 0.3 is 0 Å². The van der Waals surface area contributed by atoms with Gasteiger partial charge in [-0.25, -0.2) is 0 Å². The molecule has 0 radical (unpaired) electrons. The Hall–Kier alpha value is -0.810. The van der Waals surface area contributed by atoms with Crippen molar-refractivity contribution in [3.05, 3.63) is 22.4 Å². The topological polar surface area (TPSA) is 45.5 Å². The van der Waals surface area contributed by atoms with Crippen LogP contribution in [0.1, 0.15) is 43.1 Å². The lowest BCUT2D eigenvalue weighted by molar-refractivity contribution is 0.0492. The molecule has 1 N–H and O–H groups in total. The first-order valence-electron chi connectivity index (χ1n) is 6.95. The average Bonchev–Trinajstić information content (AvgIpc) is 2.79. The second-order valence-electron chi connectivity index (χ2n) is 5.07. The van der Waals surface area contributed by atoms with Gasteiger partial charge in [0.15, 0.2) is 0 Å². The Labute approximate surface area is 122 Å². The number of halogens is 1. The highest BCUT2D eigenvalue weighted by atomic mass is 79.9. The molecule has 1 fully saturated rings. The fourth-order valence-electron chi connectivity index (χ4n) is 2.68. The molecule has 4 nitrogen and oxygen atoms in total. The normalized spacial score (nSPS) is 19.7. The molecule has 0 aromatic carbocycles. The maximum absolute atomic E-state index is 12.7. The summed E-state index contributed by atoms with van der Waals surface area (Å²) in [7, 11) is 0. The van der Waals surface area contributed by atoms with Crippen molar-refractivity contribution in [3.63, 3.8) is 0 Å². The van der Waals surface area contributed by atoms with Crippen molar-refractivity contribution >= 4 is 21.8 Å². The Balaban J connectivity index is 2.22. The van der Waals surface area contributed by atoms with Crippen LogP contribution in [0.15, 0.2) is 16.7 Å². The Bertz CT molecular complexity index is 445. The van der Waals surface area contributed by atoms with Crippen molar-refractivity contribution in [2.75, 3.05) is 13.2 Å². The maximum Gasteiger partial charge on any atom is 0.270 e. The number of amides is 1. The molecule has 0 bridgehead atoms. The molecule has 1 amide bonds. The van der Waals surface area contributed by atoms with Crippen LogP contribution in [-0.2, 0) is 6.54 Å². The summed E-state index contributed by atoms with van der Waals surface area (Å²) in [6.07, 6.45) is 5.96. The van der Waals surface area contributed by atoms with E-state index in [-0.39, 0.29) is 18.6 Å². The SMILES string of the molecule is CCCn1cc(Br)cc1C(=O)N1CCCCC1CO. The highest BCUT2D eigenvalue weighted by Gasteiger charge is 2.28. The van der Waals surface area contributed by atoms with Crippen LogP contribution in [-0.4, -0.2) is 39.7 Å². The molecule has 0 saturated carbocycles. The number of aryl methyl sites for hydroxylation is 1. The molecule has 5 heteroatoms. The number of piperidine rings is 1. The van der Waals surface area contributed by atoms with Gasteiger partial charge in [-0.3, -0.25) is 4.79 Å². The summed E-state index contributed by atoms with van der Waals surface area (Å²) in [6.45, 7) is 3.74. The van der Waals surface area contributed by atoms with Gasteiger partial charge in [-0.1, -0.05) is 6.92 Å². The van der Waals surface area contributed by atoms with Crippen LogP contribution in [0.4, 0.5) is 0 Å². The van der Waals surface area contributed by atoms with Crippen LogP contribution in [0.3, 0.4) is 0 Å². The van der Waals surface area contributed by atoms with Gasteiger partial charge in [-0.05, 0) is 47.7 Å². The summed E-state index contributed by atoms with van der Waals surface area (Å²) in [5.74, 6) is 0.0397. The number of likely N-dealkylation sites (tertiary alicyclic amines) is 1. The van der Waals surface area contributed by atoms with Gasteiger partial charge in [0.1, 0.15) is 5.69 Å². The summed E-state index contributed by atoms with van der Waals surface area (Å²) in [6, 6.07) is 1.85. The van der Waals surface area contributed by atoms with E-state index >= 15 is 0 Å². The largest absolute Gasteiger partial charge is 0.394 e. The number of rotatable bonds is 4. The third-order valence-electron chi connectivity index (χ3n) is 3.65.